The number of hydrogen-bond donors (Lipinski definition) is 1. The fraction of sp³-hybridized carbons (Fsp3) is 0.211. The summed E-state index contributed by atoms with van der Waals surface area (Å²) in [5.74, 6) is 0. The highest BCUT2D eigenvalue weighted by Gasteiger charge is 2.27. The lowest BCUT2D eigenvalue weighted by molar-refractivity contribution is 0.321. The van der Waals surface area contributed by atoms with Crippen LogP contribution in [-0.2, 0) is 5.54 Å². The van der Waals surface area contributed by atoms with Gasteiger partial charge in [-0.25, -0.2) is 9.36 Å². The van der Waals surface area contributed by atoms with Gasteiger partial charge in [0.1, 0.15) is 5.69 Å². The molecule has 0 radical (unpaired) electrons. The Morgan fingerprint density at radius 3 is 1.91 bits per heavy atom. The summed E-state index contributed by atoms with van der Waals surface area (Å²) >= 11 is 0. The van der Waals surface area contributed by atoms with Crippen LogP contribution in [0.25, 0.3) is 16.9 Å². The van der Waals surface area contributed by atoms with Gasteiger partial charge < -0.3 is 5.73 Å². The average molecular weight is 307 g/mol. The molecule has 3 rings (SSSR count). The molecule has 118 valence electrons. The number of nitrogens with zero attached hydrogens (tertiary/aromatic N) is 2. The number of nitrogen functional groups attached to an aromatic ring is 1. The van der Waals surface area contributed by atoms with E-state index >= 15 is 0 Å². The van der Waals surface area contributed by atoms with Gasteiger partial charge in [0, 0.05) is 5.56 Å². The highest BCUT2D eigenvalue weighted by atomic mass is 16.1. The highest BCUT2D eigenvalue weighted by Crippen LogP contribution is 2.29. The van der Waals surface area contributed by atoms with Crippen LogP contribution >= 0.6 is 0 Å². The van der Waals surface area contributed by atoms with E-state index in [1.807, 2.05) is 86.1 Å². The maximum absolute atomic E-state index is 12.8. The van der Waals surface area contributed by atoms with Crippen LogP contribution in [0.2, 0.25) is 0 Å². The molecular weight excluding hydrogens is 286 g/mol. The smallest absolute Gasteiger partial charge is 0.291 e. The minimum absolute atomic E-state index is 0.166. The van der Waals surface area contributed by atoms with Gasteiger partial charge in [0.2, 0.25) is 0 Å². The zero-order chi connectivity index (χ0) is 16.6. The molecule has 0 spiro atoms. The lowest BCUT2D eigenvalue weighted by Crippen LogP contribution is -2.36. The Hall–Kier alpha value is -2.75. The summed E-state index contributed by atoms with van der Waals surface area (Å²) in [4.78, 5) is 12.8. The zero-order valence-corrected chi connectivity index (χ0v) is 13.7. The van der Waals surface area contributed by atoms with Crippen LogP contribution < -0.4 is 11.3 Å². The zero-order valence-electron chi connectivity index (χ0n) is 13.7. The first-order valence-electron chi connectivity index (χ1n) is 7.66. The monoisotopic (exact) mass is 307 g/mol. The first kappa shape index (κ1) is 15.2. The van der Waals surface area contributed by atoms with Crippen molar-refractivity contribution in [2.24, 2.45) is 0 Å². The Balaban J connectivity index is 2.44. The molecule has 23 heavy (non-hydrogen) atoms. The molecule has 1 heterocycles. The lowest BCUT2D eigenvalue weighted by atomic mass is 10.1. The van der Waals surface area contributed by atoms with Gasteiger partial charge in [-0.05, 0) is 32.9 Å². The summed E-state index contributed by atoms with van der Waals surface area (Å²) in [5, 5.41) is 0. The van der Waals surface area contributed by atoms with Crippen LogP contribution in [-0.4, -0.2) is 9.36 Å². The Morgan fingerprint density at radius 2 is 1.39 bits per heavy atom. The molecule has 0 atom stereocenters. The largest absolute Gasteiger partial charge is 0.392 e. The minimum atomic E-state index is -0.395. The molecule has 1 aromatic heterocycles. The Morgan fingerprint density at radius 1 is 0.870 bits per heavy atom. The molecule has 2 aromatic carbocycles. The molecule has 0 amide bonds. The Labute approximate surface area is 135 Å². The third-order valence-corrected chi connectivity index (χ3v) is 3.77. The standard InChI is InChI=1S/C19H21N3O/c1-19(2,3)22-18(23)16(20)17(14-10-6-4-7-11-14)21(22)15-12-8-5-9-13-15/h4-13H,20H2,1-3H3. The fourth-order valence-corrected chi connectivity index (χ4v) is 2.81. The highest BCUT2D eigenvalue weighted by molar-refractivity contribution is 5.74. The molecule has 4 nitrogen and oxygen atoms in total. The lowest BCUT2D eigenvalue weighted by Gasteiger charge is -2.25. The molecule has 4 heteroatoms. The second-order valence-electron chi connectivity index (χ2n) is 6.56. The third-order valence-electron chi connectivity index (χ3n) is 3.77. The van der Waals surface area contributed by atoms with Crippen molar-refractivity contribution >= 4 is 5.69 Å². The summed E-state index contributed by atoms with van der Waals surface area (Å²) < 4.78 is 3.65. The van der Waals surface area contributed by atoms with Crippen molar-refractivity contribution in [3.8, 4) is 16.9 Å². The SMILES string of the molecule is CC(C)(C)n1c(=O)c(N)c(-c2ccccc2)n1-c1ccccc1. The number of nitrogens with two attached hydrogens (primary N) is 1. The molecule has 2 N–H and O–H groups in total. The summed E-state index contributed by atoms with van der Waals surface area (Å²) in [5.41, 5.74) is 8.50. The predicted octanol–water partition coefficient (Wildman–Crippen LogP) is 3.64. The van der Waals surface area contributed by atoms with E-state index in [1.165, 1.54) is 0 Å². The van der Waals surface area contributed by atoms with Crippen LogP contribution in [0.1, 0.15) is 20.8 Å². The Bertz CT molecular complexity index is 869. The van der Waals surface area contributed by atoms with Gasteiger partial charge in [-0.2, -0.15) is 0 Å². The molecule has 3 aromatic rings. The molecule has 0 bridgehead atoms. The van der Waals surface area contributed by atoms with E-state index in [0.29, 0.717) is 0 Å². The second kappa shape index (κ2) is 5.47. The molecule has 0 unspecified atom stereocenters. The average Bonchev–Trinajstić information content (AvgIpc) is 2.81. The minimum Gasteiger partial charge on any atom is -0.392 e. The van der Waals surface area contributed by atoms with Gasteiger partial charge in [0.05, 0.1) is 16.9 Å². The van der Waals surface area contributed by atoms with Crippen LogP contribution in [0.5, 0.6) is 0 Å². The Kier molecular flexibility index (Phi) is 3.60. The maximum Gasteiger partial charge on any atom is 0.291 e. The number of para-hydroxylation sites is 1. The summed E-state index contributed by atoms with van der Waals surface area (Å²) in [7, 11) is 0. The quantitative estimate of drug-likeness (QED) is 0.786. The van der Waals surface area contributed by atoms with Crippen molar-refractivity contribution in [1.82, 2.24) is 9.36 Å². The van der Waals surface area contributed by atoms with E-state index in [0.717, 1.165) is 16.9 Å². The van der Waals surface area contributed by atoms with E-state index in [4.69, 9.17) is 5.73 Å². The fourth-order valence-electron chi connectivity index (χ4n) is 2.81. The number of rotatable bonds is 2. The van der Waals surface area contributed by atoms with Gasteiger partial charge >= 0.3 is 0 Å². The molecule has 0 saturated heterocycles. The number of aromatic nitrogens is 2. The topological polar surface area (TPSA) is 52.9 Å². The summed E-state index contributed by atoms with van der Waals surface area (Å²) in [6, 6.07) is 19.6. The molecular formula is C19H21N3O. The van der Waals surface area contributed by atoms with Crippen LogP contribution in [0.3, 0.4) is 0 Å². The molecule has 0 aliphatic heterocycles. The number of hydrogen-bond acceptors (Lipinski definition) is 2. The molecule has 0 aliphatic rings. The normalized spacial score (nSPS) is 11.6. The van der Waals surface area contributed by atoms with E-state index in [1.54, 1.807) is 4.68 Å². The van der Waals surface area contributed by atoms with Gasteiger partial charge in [-0.3, -0.25) is 4.79 Å². The van der Waals surface area contributed by atoms with E-state index in [2.05, 4.69) is 0 Å². The second-order valence-corrected chi connectivity index (χ2v) is 6.56. The van der Waals surface area contributed by atoms with Crippen molar-refractivity contribution in [2.75, 3.05) is 5.73 Å². The molecule has 0 aliphatic carbocycles. The summed E-state index contributed by atoms with van der Waals surface area (Å²) in [6.07, 6.45) is 0. The van der Waals surface area contributed by atoms with Gasteiger partial charge in [-0.1, -0.05) is 48.5 Å². The van der Waals surface area contributed by atoms with Crippen LogP contribution in [0.15, 0.2) is 65.5 Å². The van der Waals surface area contributed by atoms with Crippen LogP contribution in [0.4, 0.5) is 5.69 Å². The van der Waals surface area contributed by atoms with Crippen molar-refractivity contribution in [3.63, 3.8) is 0 Å². The van der Waals surface area contributed by atoms with Crippen molar-refractivity contribution in [3.05, 3.63) is 71.0 Å². The van der Waals surface area contributed by atoms with Gasteiger partial charge in [0.25, 0.3) is 5.56 Å². The van der Waals surface area contributed by atoms with E-state index < -0.39 is 5.54 Å². The van der Waals surface area contributed by atoms with E-state index in [-0.39, 0.29) is 11.2 Å². The van der Waals surface area contributed by atoms with Crippen molar-refractivity contribution in [1.29, 1.82) is 0 Å². The first-order valence-corrected chi connectivity index (χ1v) is 7.66. The van der Waals surface area contributed by atoms with E-state index in [9.17, 15) is 4.79 Å². The number of anilines is 1. The van der Waals surface area contributed by atoms with Crippen molar-refractivity contribution in [2.45, 2.75) is 26.3 Å². The summed E-state index contributed by atoms with van der Waals surface area (Å²) in [6.45, 7) is 6.01. The number of benzene rings is 2. The first-order chi connectivity index (χ1) is 10.9. The van der Waals surface area contributed by atoms with Crippen LogP contribution in [0, 0.1) is 0 Å². The van der Waals surface area contributed by atoms with Gasteiger partial charge in [0.15, 0.2) is 0 Å². The van der Waals surface area contributed by atoms with Gasteiger partial charge in [-0.15, -0.1) is 0 Å². The van der Waals surface area contributed by atoms with Crippen molar-refractivity contribution < 1.29 is 0 Å². The molecule has 0 saturated carbocycles. The molecule has 0 fully saturated rings. The predicted molar refractivity (Wildman–Crippen MR) is 94.9 cm³/mol. The third kappa shape index (κ3) is 2.57. The maximum atomic E-state index is 12.8.